The Kier molecular flexibility index (Phi) is 7.24. The van der Waals surface area contributed by atoms with Gasteiger partial charge in [-0.2, -0.15) is 0 Å². The minimum absolute atomic E-state index is 0.139. The number of hydrogen-bond acceptors (Lipinski definition) is 6. The van der Waals surface area contributed by atoms with Gasteiger partial charge in [0.1, 0.15) is 5.75 Å². The number of methoxy groups -OCH3 is 1. The Morgan fingerprint density at radius 3 is 2.03 bits per heavy atom. The van der Waals surface area contributed by atoms with Crippen molar-refractivity contribution in [3.63, 3.8) is 0 Å². The lowest BCUT2D eigenvalue weighted by atomic mass is 10.1. The van der Waals surface area contributed by atoms with Gasteiger partial charge in [-0.15, -0.1) is 0 Å². The molecule has 32 heavy (non-hydrogen) atoms. The zero-order valence-electron chi connectivity index (χ0n) is 18.4. The number of nitrogens with zero attached hydrogens (tertiary/aromatic N) is 3. The first-order valence-electron chi connectivity index (χ1n) is 10.2. The summed E-state index contributed by atoms with van der Waals surface area (Å²) in [5.41, 5.74) is 0.887. The van der Waals surface area contributed by atoms with Gasteiger partial charge in [0.15, 0.2) is 0 Å². The molecule has 0 radical (unpaired) electrons. The highest BCUT2D eigenvalue weighted by molar-refractivity contribution is 7.92. The Morgan fingerprint density at radius 2 is 1.50 bits per heavy atom. The molecule has 0 N–H and O–H groups in total. The second-order valence-corrected chi connectivity index (χ2v) is 9.14. The van der Waals surface area contributed by atoms with E-state index in [-0.39, 0.29) is 16.9 Å². The molecule has 0 saturated carbocycles. The third kappa shape index (κ3) is 4.96. The van der Waals surface area contributed by atoms with Crippen LogP contribution in [-0.2, 0) is 14.8 Å². The van der Waals surface area contributed by atoms with Gasteiger partial charge in [0.05, 0.1) is 24.3 Å². The fourth-order valence-corrected chi connectivity index (χ4v) is 4.54. The van der Waals surface area contributed by atoms with Crippen LogP contribution in [0.5, 0.6) is 5.75 Å². The molecular formula is C22H27N3O6S. The van der Waals surface area contributed by atoms with Crippen LogP contribution in [0.1, 0.15) is 17.3 Å². The summed E-state index contributed by atoms with van der Waals surface area (Å²) in [7, 11) is -0.781. The molecule has 0 bridgehead atoms. The van der Waals surface area contributed by atoms with Gasteiger partial charge >= 0.3 is 6.09 Å². The van der Waals surface area contributed by atoms with Crippen LogP contribution in [0.15, 0.2) is 53.4 Å². The summed E-state index contributed by atoms with van der Waals surface area (Å²) in [4.78, 5) is 28.0. The Bertz CT molecular complexity index is 1050. The quantitative estimate of drug-likeness (QED) is 0.656. The van der Waals surface area contributed by atoms with E-state index >= 15 is 0 Å². The van der Waals surface area contributed by atoms with Gasteiger partial charge in [-0.25, -0.2) is 13.2 Å². The average molecular weight is 462 g/mol. The van der Waals surface area contributed by atoms with Crippen LogP contribution < -0.4 is 9.04 Å². The molecule has 10 heteroatoms. The average Bonchev–Trinajstić information content (AvgIpc) is 2.83. The molecule has 2 amide bonds. The predicted molar refractivity (Wildman–Crippen MR) is 120 cm³/mol. The maximum absolute atomic E-state index is 12.9. The zero-order valence-corrected chi connectivity index (χ0v) is 19.2. The van der Waals surface area contributed by atoms with E-state index in [0.717, 1.165) is 0 Å². The van der Waals surface area contributed by atoms with Crippen molar-refractivity contribution in [2.45, 2.75) is 11.8 Å². The molecule has 2 aromatic carbocycles. The molecule has 0 aliphatic carbocycles. The summed E-state index contributed by atoms with van der Waals surface area (Å²) in [6.07, 6.45) is -0.370. The Labute approximate surface area is 188 Å². The molecule has 0 atom stereocenters. The molecule has 0 spiro atoms. The topological polar surface area (TPSA) is 96.5 Å². The van der Waals surface area contributed by atoms with Crippen molar-refractivity contribution in [3.8, 4) is 5.75 Å². The van der Waals surface area contributed by atoms with Crippen molar-refractivity contribution in [2.75, 3.05) is 51.2 Å². The largest absolute Gasteiger partial charge is 0.497 e. The van der Waals surface area contributed by atoms with Crippen molar-refractivity contribution in [3.05, 3.63) is 54.1 Å². The molecular weight excluding hydrogens is 434 g/mol. The van der Waals surface area contributed by atoms with Gasteiger partial charge in [-0.05, 0) is 55.5 Å². The number of benzene rings is 2. The Balaban J connectivity index is 1.66. The van der Waals surface area contributed by atoms with Crippen molar-refractivity contribution in [2.24, 2.45) is 0 Å². The predicted octanol–water partition coefficient (Wildman–Crippen LogP) is 2.43. The van der Waals surface area contributed by atoms with E-state index in [9.17, 15) is 18.0 Å². The van der Waals surface area contributed by atoms with E-state index in [1.165, 1.54) is 30.6 Å². The monoisotopic (exact) mass is 461 g/mol. The van der Waals surface area contributed by atoms with Crippen LogP contribution in [0.25, 0.3) is 0 Å². The van der Waals surface area contributed by atoms with Crippen LogP contribution in [0.2, 0.25) is 0 Å². The van der Waals surface area contributed by atoms with E-state index in [2.05, 4.69) is 0 Å². The highest BCUT2D eigenvalue weighted by Gasteiger charge is 2.26. The maximum Gasteiger partial charge on any atom is 0.409 e. The molecule has 2 aromatic rings. The number of ether oxygens (including phenoxy) is 2. The third-order valence-electron chi connectivity index (χ3n) is 5.29. The molecule has 0 unspecified atom stereocenters. The van der Waals surface area contributed by atoms with Gasteiger partial charge in [-0.1, -0.05) is 0 Å². The summed E-state index contributed by atoms with van der Waals surface area (Å²) in [6.45, 7) is 3.70. The number of carbonyl (C=O) groups is 2. The van der Waals surface area contributed by atoms with Crippen molar-refractivity contribution >= 4 is 27.7 Å². The normalized spacial score (nSPS) is 14.1. The first-order valence-corrected chi connectivity index (χ1v) is 11.7. The lowest BCUT2D eigenvalue weighted by Crippen LogP contribution is -2.50. The van der Waals surface area contributed by atoms with E-state index < -0.39 is 10.0 Å². The molecule has 172 valence electrons. The maximum atomic E-state index is 12.9. The Morgan fingerprint density at radius 1 is 0.938 bits per heavy atom. The molecule has 1 aliphatic rings. The van der Waals surface area contributed by atoms with E-state index in [0.29, 0.717) is 49.8 Å². The van der Waals surface area contributed by atoms with Gasteiger partial charge in [0.2, 0.25) is 0 Å². The highest BCUT2D eigenvalue weighted by atomic mass is 32.2. The number of sulfonamides is 1. The molecule has 1 saturated heterocycles. The van der Waals surface area contributed by atoms with Crippen LogP contribution in [0.3, 0.4) is 0 Å². The minimum Gasteiger partial charge on any atom is -0.497 e. The van der Waals surface area contributed by atoms with Crippen molar-refractivity contribution in [1.82, 2.24) is 9.80 Å². The van der Waals surface area contributed by atoms with Crippen LogP contribution >= 0.6 is 0 Å². The highest BCUT2D eigenvalue weighted by Crippen LogP contribution is 2.24. The van der Waals surface area contributed by atoms with Crippen molar-refractivity contribution < 1.29 is 27.5 Å². The fraction of sp³-hybridized carbons (Fsp3) is 0.364. The van der Waals surface area contributed by atoms with Crippen molar-refractivity contribution in [1.29, 1.82) is 0 Å². The third-order valence-corrected chi connectivity index (χ3v) is 7.09. The van der Waals surface area contributed by atoms with Crippen LogP contribution in [0.4, 0.5) is 10.5 Å². The van der Waals surface area contributed by atoms with Crippen LogP contribution in [0, 0.1) is 0 Å². The summed E-state index contributed by atoms with van der Waals surface area (Å²) in [5, 5.41) is 0. The molecule has 1 heterocycles. The number of piperazine rings is 1. The molecule has 9 nitrogen and oxygen atoms in total. The molecule has 1 aliphatic heterocycles. The van der Waals surface area contributed by atoms with E-state index in [1.807, 2.05) is 0 Å². The number of amides is 2. The summed E-state index contributed by atoms with van der Waals surface area (Å²) >= 11 is 0. The molecule has 3 rings (SSSR count). The van der Waals surface area contributed by atoms with E-state index in [4.69, 9.17) is 9.47 Å². The van der Waals surface area contributed by atoms with Gasteiger partial charge in [-0.3, -0.25) is 9.10 Å². The lowest BCUT2D eigenvalue weighted by molar-refractivity contribution is 0.0570. The fourth-order valence-electron chi connectivity index (χ4n) is 3.35. The Hall–Kier alpha value is -3.27. The standard InChI is InChI=1S/C22H27N3O6S/c1-4-31-22(27)25-15-13-24(14-16-25)21(26)17-5-7-18(8-6-17)23(2)32(28,29)20-11-9-19(30-3)10-12-20/h5-12H,4,13-16H2,1-3H3. The lowest BCUT2D eigenvalue weighted by Gasteiger charge is -2.34. The summed E-state index contributed by atoms with van der Waals surface area (Å²) < 4.78 is 37.0. The van der Waals surface area contributed by atoms with Gasteiger partial charge in [0.25, 0.3) is 15.9 Å². The second-order valence-electron chi connectivity index (χ2n) is 7.17. The number of rotatable bonds is 6. The van der Waals surface area contributed by atoms with Crippen LogP contribution in [-0.4, -0.2) is 77.2 Å². The smallest absolute Gasteiger partial charge is 0.409 e. The SMILES string of the molecule is CCOC(=O)N1CCN(C(=O)c2ccc(N(C)S(=O)(=O)c3ccc(OC)cc3)cc2)CC1. The first-order chi connectivity index (χ1) is 15.3. The zero-order chi connectivity index (χ0) is 23.3. The van der Waals surface area contributed by atoms with E-state index in [1.54, 1.807) is 53.1 Å². The number of carbonyl (C=O) groups excluding carboxylic acids is 2. The first kappa shape index (κ1) is 23.4. The minimum atomic E-state index is -3.76. The summed E-state index contributed by atoms with van der Waals surface area (Å²) in [6, 6.07) is 12.6. The molecule has 0 aromatic heterocycles. The van der Waals surface area contributed by atoms with Gasteiger partial charge in [0, 0.05) is 38.8 Å². The number of hydrogen-bond donors (Lipinski definition) is 0. The summed E-state index contributed by atoms with van der Waals surface area (Å²) in [5.74, 6) is 0.401. The van der Waals surface area contributed by atoms with Gasteiger partial charge < -0.3 is 19.3 Å². The molecule has 1 fully saturated rings. The number of anilines is 1. The second kappa shape index (κ2) is 9.90.